The van der Waals surface area contributed by atoms with Crippen molar-refractivity contribution in [2.24, 2.45) is 0 Å². The van der Waals surface area contributed by atoms with E-state index in [1.165, 1.54) is 0 Å². The van der Waals surface area contributed by atoms with Gasteiger partial charge in [-0.05, 0) is 26.8 Å². The number of hydrogen-bond acceptors (Lipinski definition) is 2. The molecule has 1 aromatic rings. The summed E-state index contributed by atoms with van der Waals surface area (Å²) < 4.78 is 11.7. The fraction of sp³-hybridized carbons (Fsp3) is 0.467. The molecule has 0 aliphatic heterocycles. The van der Waals surface area contributed by atoms with Crippen LogP contribution in [0.5, 0.6) is 5.75 Å². The van der Waals surface area contributed by atoms with E-state index in [1.807, 2.05) is 52.0 Å². The van der Waals surface area contributed by atoms with Gasteiger partial charge in [0.15, 0.2) is 6.29 Å². The number of benzene rings is 1. The minimum Gasteiger partial charge on any atom is -0.464 e. The second kappa shape index (κ2) is 5.87. The molecular weight excluding hydrogens is 212 g/mol. The molecular formula is C15H22O2. The third kappa shape index (κ3) is 4.61. The Balaban J connectivity index is 2.77. The fourth-order valence-corrected chi connectivity index (χ4v) is 1.48. The lowest BCUT2D eigenvalue weighted by atomic mass is 10.2. The summed E-state index contributed by atoms with van der Waals surface area (Å²) in [5.74, 6) is 0.818. The maximum absolute atomic E-state index is 5.87. The van der Waals surface area contributed by atoms with E-state index >= 15 is 0 Å². The Morgan fingerprint density at radius 2 is 1.94 bits per heavy atom. The number of rotatable bonds is 5. The van der Waals surface area contributed by atoms with E-state index in [4.69, 9.17) is 9.47 Å². The summed E-state index contributed by atoms with van der Waals surface area (Å²) >= 11 is 0. The molecule has 0 aliphatic carbocycles. The van der Waals surface area contributed by atoms with E-state index in [0.29, 0.717) is 0 Å². The SMILES string of the molecule is C=Cc1ccccc1OC(CC)OC(C)(C)C. The number of hydrogen-bond donors (Lipinski definition) is 0. The van der Waals surface area contributed by atoms with Gasteiger partial charge < -0.3 is 9.47 Å². The molecule has 0 bridgehead atoms. The zero-order valence-electron chi connectivity index (χ0n) is 11.2. The van der Waals surface area contributed by atoms with Crippen LogP contribution in [0.25, 0.3) is 6.08 Å². The lowest BCUT2D eigenvalue weighted by Gasteiger charge is -2.27. The first kappa shape index (κ1) is 13.8. The summed E-state index contributed by atoms with van der Waals surface area (Å²) in [5, 5.41) is 0. The standard InChI is InChI=1S/C15H22O2/c1-6-12-10-8-9-11-13(12)16-14(7-2)17-15(3,4)5/h6,8-11,14H,1,7H2,2-5H3. The smallest absolute Gasteiger partial charge is 0.200 e. The lowest BCUT2D eigenvalue weighted by Crippen LogP contribution is -2.31. The van der Waals surface area contributed by atoms with Crippen molar-refractivity contribution >= 4 is 6.08 Å². The van der Waals surface area contributed by atoms with Gasteiger partial charge in [-0.1, -0.05) is 37.8 Å². The van der Waals surface area contributed by atoms with Crippen LogP contribution in [0.1, 0.15) is 39.7 Å². The molecule has 0 amide bonds. The molecule has 0 fully saturated rings. The Bertz CT molecular complexity index is 363. The average Bonchev–Trinajstić information content (AvgIpc) is 2.27. The van der Waals surface area contributed by atoms with Crippen molar-refractivity contribution in [3.63, 3.8) is 0 Å². The second-order valence-electron chi connectivity index (χ2n) is 4.93. The highest BCUT2D eigenvalue weighted by Crippen LogP contribution is 2.23. The molecule has 94 valence electrons. The van der Waals surface area contributed by atoms with Crippen molar-refractivity contribution in [3.8, 4) is 5.75 Å². The Kier molecular flexibility index (Phi) is 4.76. The molecule has 1 aromatic carbocycles. The monoisotopic (exact) mass is 234 g/mol. The second-order valence-corrected chi connectivity index (χ2v) is 4.93. The highest BCUT2D eigenvalue weighted by Gasteiger charge is 2.19. The summed E-state index contributed by atoms with van der Waals surface area (Å²) in [6, 6.07) is 7.83. The zero-order valence-corrected chi connectivity index (χ0v) is 11.2. The van der Waals surface area contributed by atoms with Crippen molar-refractivity contribution in [1.29, 1.82) is 0 Å². The molecule has 0 spiro atoms. The summed E-state index contributed by atoms with van der Waals surface area (Å²) in [7, 11) is 0. The number of ether oxygens (including phenoxy) is 2. The van der Waals surface area contributed by atoms with Gasteiger partial charge in [-0.25, -0.2) is 0 Å². The molecule has 17 heavy (non-hydrogen) atoms. The predicted octanol–water partition coefficient (Wildman–Crippen LogP) is 4.26. The molecule has 0 aliphatic rings. The van der Waals surface area contributed by atoms with Gasteiger partial charge in [0.2, 0.25) is 0 Å². The van der Waals surface area contributed by atoms with Crippen molar-refractivity contribution in [2.75, 3.05) is 0 Å². The van der Waals surface area contributed by atoms with Crippen molar-refractivity contribution in [2.45, 2.75) is 46.0 Å². The molecule has 2 heteroatoms. The molecule has 2 nitrogen and oxygen atoms in total. The minimum absolute atomic E-state index is 0.205. The van der Waals surface area contributed by atoms with Crippen LogP contribution in [-0.2, 0) is 4.74 Å². The van der Waals surface area contributed by atoms with Crippen LogP contribution >= 0.6 is 0 Å². The first-order chi connectivity index (χ1) is 7.96. The average molecular weight is 234 g/mol. The Morgan fingerprint density at radius 3 is 2.47 bits per heavy atom. The van der Waals surface area contributed by atoms with E-state index in [-0.39, 0.29) is 11.9 Å². The van der Waals surface area contributed by atoms with Crippen LogP contribution in [0.4, 0.5) is 0 Å². The normalized spacial score (nSPS) is 13.2. The van der Waals surface area contributed by atoms with Crippen LogP contribution in [0.3, 0.4) is 0 Å². The summed E-state index contributed by atoms with van der Waals surface area (Å²) in [4.78, 5) is 0. The van der Waals surface area contributed by atoms with Crippen LogP contribution in [-0.4, -0.2) is 11.9 Å². The molecule has 0 N–H and O–H groups in total. The molecule has 0 saturated carbocycles. The zero-order chi connectivity index (χ0) is 12.9. The van der Waals surface area contributed by atoms with E-state index in [2.05, 4.69) is 6.58 Å². The van der Waals surface area contributed by atoms with Crippen molar-refractivity contribution < 1.29 is 9.47 Å². The van der Waals surface area contributed by atoms with Gasteiger partial charge in [-0.15, -0.1) is 0 Å². The topological polar surface area (TPSA) is 18.5 Å². The Morgan fingerprint density at radius 1 is 1.29 bits per heavy atom. The molecule has 1 rings (SSSR count). The van der Waals surface area contributed by atoms with Crippen LogP contribution in [0.15, 0.2) is 30.8 Å². The highest BCUT2D eigenvalue weighted by molar-refractivity contribution is 5.55. The van der Waals surface area contributed by atoms with Gasteiger partial charge in [0.05, 0.1) is 5.60 Å². The summed E-state index contributed by atoms with van der Waals surface area (Å²) in [6.07, 6.45) is 2.37. The molecule has 0 radical (unpaired) electrons. The Hall–Kier alpha value is -1.28. The summed E-state index contributed by atoms with van der Waals surface area (Å²) in [6.45, 7) is 11.9. The largest absolute Gasteiger partial charge is 0.464 e. The van der Waals surface area contributed by atoms with Crippen LogP contribution < -0.4 is 4.74 Å². The maximum atomic E-state index is 5.87. The first-order valence-electron chi connectivity index (χ1n) is 6.02. The van der Waals surface area contributed by atoms with Crippen LogP contribution in [0, 0.1) is 0 Å². The molecule has 0 saturated heterocycles. The fourth-order valence-electron chi connectivity index (χ4n) is 1.48. The van der Waals surface area contributed by atoms with Crippen molar-refractivity contribution in [3.05, 3.63) is 36.4 Å². The first-order valence-corrected chi connectivity index (χ1v) is 6.02. The number of para-hydroxylation sites is 1. The van der Waals surface area contributed by atoms with Crippen molar-refractivity contribution in [1.82, 2.24) is 0 Å². The van der Waals surface area contributed by atoms with Gasteiger partial charge in [0.1, 0.15) is 5.75 Å². The Labute approximate surface area is 104 Å². The third-order valence-electron chi connectivity index (χ3n) is 2.22. The molecule has 1 unspecified atom stereocenters. The molecule has 0 heterocycles. The lowest BCUT2D eigenvalue weighted by molar-refractivity contribution is -0.151. The third-order valence-corrected chi connectivity index (χ3v) is 2.22. The summed E-state index contributed by atoms with van der Waals surface area (Å²) in [5.41, 5.74) is 0.785. The van der Waals surface area contributed by atoms with Gasteiger partial charge in [0, 0.05) is 12.0 Å². The van der Waals surface area contributed by atoms with Gasteiger partial charge in [0.25, 0.3) is 0 Å². The highest BCUT2D eigenvalue weighted by atomic mass is 16.7. The van der Waals surface area contributed by atoms with Gasteiger partial charge in [-0.3, -0.25) is 0 Å². The maximum Gasteiger partial charge on any atom is 0.200 e. The van der Waals surface area contributed by atoms with E-state index in [9.17, 15) is 0 Å². The van der Waals surface area contributed by atoms with Crippen LogP contribution in [0.2, 0.25) is 0 Å². The molecule has 1 atom stereocenters. The van der Waals surface area contributed by atoms with E-state index in [1.54, 1.807) is 6.08 Å². The predicted molar refractivity (Wildman–Crippen MR) is 72.1 cm³/mol. The molecule has 0 aromatic heterocycles. The van der Waals surface area contributed by atoms with E-state index in [0.717, 1.165) is 17.7 Å². The van der Waals surface area contributed by atoms with Gasteiger partial charge >= 0.3 is 0 Å². The van der Waals surface area contributed by atoms with Gasteiger partial charge in [-0.2, -0.15) is 0 Å². The van der Waals surface area contributed by atoms with E-state index < -0.39 is 0 Å². The quantitative estimate of drug-likeness (QED) is 0.709. The minimum atomic E-state index is -0.226.